The Hall–Kier alpha value is -0.610. The zero-order chi connectivity index (χ0) is 8.60. The van der Waals surface area contributed by atoms with Crippen molar-refractivity contribution in [3.8, 4) is 0 Å². The molecule has 3 saturated heterocycles. The van der Waals surface area contributed by atoms with Crippen LogP contribution < -0.4 is 0 Å². The van der Waals surface area contributed by atoms with Crippen LogP contribution in [0.4, 0.5) is 0 Å². The van der Waals surface area contributed by atoms with Crippen LogP contribution in [-0.2, 0) is 19.0 Å². The normalized spacial score (nSPS) is 39.8. The molecule has 12 heavy (non-hydrogen) atoms. The van der Waals surface area contributed by atoms with Crippen LogP contribution >= 0.6 is 0 Å². The lowest BCUT2D eigenvalue weighted by Crippen LogP contribution is -2.55. The third kappa shape index (κ3) is 1.03. The first kappa shape index (κ1) is 8.01. The van der Waals surface area contributed by atoms with Gasteiger partial charge >= 0.3 is 12.4 Å². The third-order valence-corrected chi connectivity index (χ3v) is 2.36. The summed E-state index contributed by atoms with van der Waals surface area (Å²) in [5.74, 6) is -0.160. The van der Waals surface area contributed by atoms with Gasteiger partial charge in [-0.15, -0.1) is 0 Å². The summed E-state index contributed by atoms with van der Waals surface area (Å²) >= 11 is 0. The van der Waals surface area contributed by atoms with E-state index >= 15 is 0 Å². The van der Waals surface area contributed by atoms with Crippen LogP contribution in [0.1, 0.15) is 19.8 Å². The van der Waals surface area contributed by atoms with Gasteiger partial charge in [-0.05, 0) is 6.42 Å². The zero-order valence-corrected chi connectivity index (χ0v) is 7.04. The van der Waals surface area contributed by atoms with Crippen LogP contribution in [0.2, 0.25) is 0 Å². The van der Waals surface area contributed by atoms with Crippen molar-refractivity contribution in [3.63, 3.8) is 0 Å². The molecule has 0 aromatic rings. The Morgan fingerprint density at radius 3 is 2.67 bits per heavy atom. The topological polar surface area (TPSA) is 44.8 Å². The summed E-state index contributed by atoms with van der Waals surface area (Å²) < 4.78 is 15.1. The molecule has 3 aliphatic rings. The van der Waals surface area contributed by atoms with E-state index in [9.17, 15) is 4.79 Å². The molecule has 0 radical (unpaired) electrons. The van der Waals surface area contributed by atoms with E-state index in [1.807, 2.05) is 6.92 Å². The summed E-state index contributed by atoms with van der Waals surface area (Å²) in [6.45, 7) is 2.19. The van der Waals surface area contributed by atoms with Gasteiger partial charge < -0.3 is 14.2 Å². The van der Waals surface area contributed by atoms with E-state index in [1.165, 1.54) is 0 Å². The lowest BCUT2D eigenvalue weighted by molar-refractivity contribution is -0.361. The summed E-state index contributed by atoms with van der Waals surface area (Å²) in [5.41, 5.74) is -0.510. The van der Waals surface area contributed by atoms with Crippen molar-refractivity contribution in [1.82, 2.24) is 0 Å². The largest absolute Gasteiger partial charge is 0.410 e. The third-order valence-electron chi connectivity index (χ3n) is 2.36. The van der Waals surface area contributed by atoms with Gasteiger partial charge in [0.15, 0.2) is 0 Å². The molecule has 3 rings (SSSR count). The minimum atomic E-state index is -0.740. The molecule has 3 heterocycles. The Kier molecular flexibility index (Phi) is 1.81. The van der Waals surface area contributed by atoms with Crippen LogP contribution in [0.15, 0.2) is 0 Å². The summed E-state index contributed by atoms with van der Waals surface area (Å²) in [4.78, 5) is 11.4. The molecular weight excluding hydrogens is 160 g/mol. The molecule has 0 saturated carbocycles. The molecule has 0 spiro atoms. The molecule has 0 aliphatic carbocycles. The maximum absolute atomic E-state index is 11.4. The Balaban J connectivity index is 2.15. The second-order valence-electron chi connectivity index (χ2n) is 3.35. The molecule has 4 heteroatoms. The molecule has 0 atom stereocenters. The molecule has 3 aliphatic heterocycles. The molecule has 0 aromatic carbocycles. The van der Waals surface area contributed by atoms with Gasteiger partial charge in [-0.2, -0.15) is 0 Å². The number of esters is 1. The van der Waals surface area contributed by atoms with Gasteiger partial charge in [0.05, 0.1) is 13.2 Å². The SMILES string of the molecule is CCCC12COC(OC1)OC2=O. The fraction of sp³-hybridized carbons (Fsp3) is 0.875. The average molecular weight is 172 g/mol. The van der Waals surface area contributed by atoms with E-state index in [4.69, 9.17) is 14.2 Å². The predicted octanol–water partition coefficient (Wildman–Crippen LogP) is 0.660. The highest BCUT2D eigenvalue weighted by atomic mass is 16.9. The standard InChI is InChI=1S/C8H12O4/c1-2-3-8-4-10-7(11-5-8)12-6(8)9/h7H,2-5H2,1H3. The summed E-state index contributed by atoms with van der Waals surface area (Å²) in [6.07, 6.45) is 1.71. The van der Waals surface area contributed by atoms with Gasteiger partial charge in [-0.25, -0.2) is 0 Å². The lowest BCUT2D eigenvalue weighted by atomic mass is 9.84. The Morgan fingerprint density at radius 1 is 1.50 bits per heavy atom. The lowest BCUT2D eigenvalue weighted by Gasteiger charge is -2.43. The van der Waals surface area contributed by atoms with Crippen LogP contribution in [-0.4, -0.2) is 25.7 Å². The molecule has 68 valence electrons. The smallest absolute Gasteiger partial charge is 0.320 e. The minimum Gasteiger partial charge on any atom is -0.410 e. The fourth-order valence-corrected chi connectivity index (χ4v) is 1.67. The molecule has 3 fully saturated rings. The van der Waals surface area contributed by atoms with Crippen molar-refractivity contribution in [2.75, 3.05) is 13.2 Å². The van der Waals surface area contributed by atoms with Gasteiger partial charge in [0.2, 0.25) is 0 Å². The Labute approximate surface area is 70.8 Å². The number of rotatable bonds is 2. The quantitative estimate of drug-likeness (QED) is 0.574. The molecular formula is C8H12O4. The zero-order valence-electron chi connectivity index (χ0n) is 7.04. The monoisotopic (exact) mass is 172 g/mol. The van der Waals surface area contributed by atoms with Crippen molar-refractivity contribution in [2.45, 2.75) is 26.2 Å². The van der Waals surface area contributed by atoms with E-state index in [-0.39, 0.29) is 5.97 Å². The van der Waals surface area contributed by atoms with E-state index in [2.05, 4.69) is 0 Å². The van der Waals surface area contributed by atoms with Crippen LogP contribution in [0.5, 0.6) is 0 Å². The summed E-state index contributed by atoms with van der Waals surface area (Å²) in [6, 6.07) is 0. The van der Waals surface area contributed by atoms with E-state index in [0.29, 0.717) is 13.2 Å². The molecule has 0 amide bonds. The van der Waals surface area contributed by atoms with Crippen molar-refractivity contribution in [2.24, 2.45) is 5.41 Å². The fourth-order valence-electron chi connectivity index (χ4n) is 1.67. The Morgan fingerprint density at radius 2 is 2.17 bits per heavy atom. The number of carbonyl (C=O) groups excluding carboxylic acids is 1. The molecule has 0 unspecified atom stereocenters. The van der Waals surface area contributed by atoms with Crippen molar-refractivity contribution in [3.05, 3.63) is 0 Å². The first-order valence-corrected chi connectivity index (χ1v) is 4.21. The van der Waals surface area contributed by atoms with Gasteiger partial charge in [-0.3, -0.25) is 4.79 Å². The van der Waals surface area contributed by atoms with E-state index in [0.717, 1.165) is 12.8 Å². The van der Waals surface area contributed by atoms with Gasteiger partial charge in [-0.1, -0.05) is 13.3 Å². The number of hydrogen-bond donors (Lipinski definition) is 0. The van der Waals surface area contributed by atoms with Crippen LogP contribution in [0, 0.1) is 5.41 Å². The number of ether oxygens (including phenoxy) is 3. The van der Waals surface area contributed by atoms with Crippen LogP contribution in [0.25, 0.3) is 0 Å². The highest BCUT2D eigenvalue weighted by Gasteiger charge is 2.50. The van der Waals surface area contributed by atoms with E-state index < -0.39 is 11.9 Å². The van der Waals surface area contributed by atoms with Gasteiger partial charge in [0.1, 0.15) is 5.41 Å². The molecule has 4 nitrogen and oxygen atoms in total. The van der Waals surface area contributed by atoms with Gasteiger partial charge in [0, 0.05) is 0 Å². The van der Waals surface area contributed by atoms with Crippen molar-refractivity contribution in [1.29, 1.82) is 0 Å². The maximum atomic E-state index is 11.4. The highest BCUT2D eigenvalue weighted by molar-refractivity contribution is 5.78. The maximum Gasteiger partial charge on any atom is 0.320 e. The Bertz CT molecular complexity index is 188. The van der Waals surface area contributed by atoms with E-state index in [1.54, 1.807) is 0 Å². The number of hydrogen-bond acceptors (Lipinski definition) is 4. The first-order valence-electron chi connectivity index (χ1n) is 4.21. The predicted molar refractivity (Wildman–Crippen MR) is 39.1 cm³/mol. The number of carbonyl (C=O) groups is 1. The number of fused-ring (bicyclic) bond motifs is 3. The van der Waals surface area contributed by atoms with Gasteiger partial charge in [0.25, 0.3) is 0 Å². The minimum absolute atomic E-state index is 0.160. The van der Waals surface area contributed by atoms with Crippen molar-refractivity contribution < 1.29 is 19.0 Å². The van der Waals surface area contributed by atoms with Crippen LogP contribution in [0.3, 0.4) is 0 Å². The summed E-state index contributed by atoms with van der Waals surface area (Å²) in [7, 11) is 0. The first-order chi connectivity index (χ1) is 5.77. The second kappa shape index (κ2) is 2.71. The highest BCUT2D eigenvalue weighted by Crippen LogP contribution is 2.36. The molecule has 2 bridgehead atoms. The summed E-state index contributed by atoms with van der Waals surface area (Å²) in [5, 5.41) is 0. The molecule has 0 N–H and O–H groups in total. The van der Waals surface area contributed by atoms with Crippen molar-refractivity contribution >= 4 is 5.97 Å². The average Bonchev–Trinajstić information content (AvgIpc) is 2.08. The molecule has 0 aromatic heterocycles. The second-order valence-corrected chi connectivity index (χ2v) is 3.35.